The van der Waals surface area contributed by atoms with Crippen LogP contribution in [0.3, 0.4) is 0 Å². The van der Waals surface area contributed by atoms with Gasteiger partial charge in [0.25, 0.3) is 0 Å². The van der Waals surface area contributed by atoms with Crippen molar-refractivity contribution < 1.29 is 4.79 Å². The molecule has 0 spiro atoms. The summed E-state index contributed by atoms with van der Waals surface area (Å²) in [6, 6.07) is 0.720. The second-order valence-electron chi connectivity index (χ2n) is 6.30. The Morgan fingerprint density at radius 3 is 2.16 bits per heavy atom. The number of nitrogens with zero attached hydrogens (tertiary/aromatic N) is 2. The third-order valence-corrected chi connectivity index (χ3v) is 5.95. The molecule has 19 heavy (non-hydrogen) atoms. The van der Waals surface area contributed by atoms with Gasteiger partial charge >= 0.3 is 0 Å². The third-order valence-electron chi connectivity index (χ3n) is 4.50. The molecule has 0 saturated carbocycles. The summed E-state index contributed by atoms with van der Waals surface area (Å²) in [5, 5.41) is 0. The van der Waals surface area contributed by atoms with Gasteiger partial charge in [-0.2, -0.15) is 0 Å². The average molecular weight is 331 g/mol. The summed E-state index contributed by atoms with van der Waals surface area (Å²) in [6.45, 7) is 8.61. The highest BCUT2D eigenvalue weighted by Crippen LogP contribution is 2.23. The molecule has 2 heterocycles. The molecule has 2 rings (SSSR count). The van der Waals surface area contributed by atoms with Crippen molar-refractivity contribution in [3.05, 3.63) is 0 Å². The summed E-state index contributed by atoms with van der Waals surface area (Å²) in [5.74, 6) is 0.652. The minimum Gasteiger partial charge on any atom is -0.342 e. The lowest BCUT2D eigenvalue weighted by Gasteiger charge is -2.40. The Labute approximate surface area is 125 Å². The van der Waals surface area contributed by atoms with Crippen LogP contribution in [0.25, 0.3) is 0 Å². The zero-order chi connectivity index (χ0) is 13.8. The number of likely N-dealkylation sites (tertiary alicyclic amines) is 2. The second kappa shape index (κ2) is 7.07. The highest BCUT2D eigenvalue weighted by Gasteiger charge is 2.30. The highest BCUT2D eigenvalue weighted by atomic mass is 79.9. The minimum atomic E-state index is -0.0148. The maximum absolute atomic E-state index is 12.3. The number of alkyl halides is 1. The Kier molecular flexibility index (Phi) is 5.70. The van der Waals surface area contributed by atoms with Crippen LogP contribution in [0.1, 0.15) is 46.0 Å². The lowest BCUT2D eigenvalue weighted by Crippen LogP contribution is -2.50. The monoisotopic (exact) mass is 330 g/mol. The van der Waals surface area contributed by atoms with Crippen LogP contribution in [0.2, 0.25) is 0 Å². The van der Waals surface area contributed by atoms with Crippen molar-refractivity contribution in [1.82, 2.24) is 9.80 Å². The van der Waals surface area contributed by atoms with E-state index >= 15 is 0 Å². The molecule has 2 saturated heterocycles. The topological polar surface area (TPSA) is 23.6 Å². The molecule has 2 fully saturated rings. The lowest BCUT2D eigenvalue weighted by atomic mass is 9.99. The van der Waals surface area contributed by atoms with E-state index in [-0.39, 0.29) is 10.7 Å². The molecule has 1 atom stereocenters. The quantitative estimate of drug-likeness (QED) is 0.743. The van der Waals surface area contributed by atoms with Crippen molar-refractivity contribution >= 4 is 21.8 Å². The van der Waals surface area contributed by atoms with Gasteiger partial charge in [-0.05, 0) is 44.7 Å². The fraction of sp³-hybridized carbons (Fsp3) is 0.933. The molecule has 0 N–H and O–H groups in total. The molecule has 0 bridgehead atoms. The number of rotatable bonds is 3. The molecule has 4 heteroatoms. The Bertz CT molecular complexity index is 295. The maximum Gasteiger partial charge on any atom is 0.236 e. The van der Waals surface area contributed by atoms with E-state index in [1.165, 1.54) is 32.4 Å². The van der Waals surface area contributed by atoms with E-state index < -0.39 is 0 Å². The number of hydrogen-bond donors (Lipinski definition) is 0. The Balaban J connectivity index is 1.80. The van der Waals surface area contributed by atoms with Crippen molar-refractivity contribution in [3.8, 4) is 0 Å². The first-order valence-corrected chi connectivity index (χ1v) is 8.68. The van der Waals surface area contributed by atoms with Crippen LogP contribution in [-0.4, -0.2) is 52.8 Å². The molecule has 0 aromatic heterocycles. The van der Waals surface area contributed by atoms with E-state index in [0.29, 0.717) is 5.92 Å². The van der Waals surface area contributed by atoms with Gasteiger partial charge in [0, 0.05) is 19.1 Å². The average Bonchev–Trinajstić information content (AvgIpc) is 2.46. The zero-order valence-electron chi connectivity index (χ0n) is 12.3. The van der Waals surface area contributed by atoms with Crippen LogP contribution < -0.4 is 0 Å². The second-order valence-corrected chi connectivity index (χ2v) is 7.29. The van der Waals surface area contributed by atoms with Crippen LogP contribution in [-0.2, 0) is 4.79 Å². The molecule has 3 nitrogen and oxygen atoms in total. The number of piperidine rings is 2. The number of carbonyl (C=O) groups excluding carboxylic acids is 1. The molecule has 0 aliphatic carbocycles. The van der Waals surface area contributed by atoms with E-state index in [1.807, 2.05) is 0 Å². The molecular weight excluding hydrogens is 304 g/mol. The predicted molar refractivity (Wildman–Crippen MR) is 82.6 cm³/mol. The van der Waals surface area contributed by atoms with Crippen LogP contribution in [0.4, 0.5) is 0 Å². The van der Waals surface area contributed by atoms with Crippen molar-refractivity contribution in [2.45, 2.75) is 56.8 Å². The molecule has 1 unspecified atom stereocenters. The highest BCUT2D eigenvalue weighted by molar-refractivity contribution is 9.10. The summed E-state index contributed by atoms with van der Waals surface area (Å²) in [6.07, 6.45) is 6.42. The number of hydrogen-bond acceptors (Lipinski definition) is 2. The fourth-order valence-corrected chi connectivity index (χ4v) is 3.48. The molecule has 110 valence electrons. The number of amides is 1. The standard InChI is InChI=1S/C15H27BrN2O/c1-12(2)14(16)15(19)18-10-6-13(7-11-18)17-8-4-3-5-9-17/h12-14H,3-11H2,1-2H3. The maximum atomic E-state index is 12.3. The molecule has 0 radical (unpaired) electrons. The van der Waals surface area contributed by atoms with Gasteiger partial charge in [0.05, 0.1) is 4.83 Å². The van der Waals surface area contributed by atoms with Gasteiger partial charge in [0.15, 0.2) is 0 Å². The summed E-state index contributed by atoms with van der Waals surface area (Å²) in [4.78, 5) is 17.0. The summed E-state index contributed by atoms with van der Waals surface area (Å²) in [7, 11) is 0. The van der Waals surface area contributed by atoms with Crippen LogP contribution in [0.5, 0.6) is 0 Å². The zero-order valence-corrected chi connectivity index (χ0v) is 13.9. The largest absolute Gasteiger partial charge is 0.342 e. The van der Waals surface area contributed by atoms with Gasteiger partial charge in [0.2, 0.25) is 5.91 Å². The van der Waals surface area contributed by atoms with Gasteiger partial charge in [-0.25, -0.2) is 0 Å². The lowest BCUT2D eigenvalue weighted by molar-refractivity contribution is -0.132. The van der Waals surface area contributed by atoms with Gasteiger partial charge in [-0.1, -0.05) is 36.2 Å². The first-order valence-electron chi connectivity index (χ1n) is 7.76. The Morgan fingerprint density at radius 2 is 1.63 bits per heavy atom. The van der Waals surface area contributed by atoms with Crippen LogP contribution in [0.15, 0.2) is 0 Å². The summed E-state index contributed by atoms with van der Waals surface area (Å²) in [5.41, 5.74) is 0. The van der Waals surface area contributed by atoms with Crippen LogP contribution in [0, 0.1) is 5.92 Å². The summed E-state index contributed by atoms with van der Waals surface area (Å²) >= 11 is 3.53. The molecule has 2 aliphatic heterocycles. The summed E-state index contributed by atoms with van der Waals surface area (Å²) < 4.78 is 0. The SMILES string of the molecule is CC(C)C(Br)C(=O)N1CCC(N2CCCCC2)CC1. The van der Waals surface area contributed by atoms with E-state index in [0.717, 1.165) is 32.0 Å². The third kappa shape index (κ3) is 3.94. The van der Waals surface area contributed by atoms with E-state index in [4.69, 9.17) is 0 Å². The Hall–Kier alpha value is -0.0900. The fourth-order valence-electron chi connectivity index (χ4n) is 3.19. The Morgan fingerprint density at radius 1 is 1.05 bits per heavy atom. The van der Waals surface area contributed by atoms with Crippen molar-refractivity contribution in [2.75, 3.05) is 26.2 Å². The van der Waals surface area contributed by atoms with Crippen molar-refractivity contribution in [3.63, 3.8) is 0 Å². The normalized spacial score (nSPS) is 24.7. The number of halogens is 1. The van der Waals surface area contributed by atoms with Crippen LogP contribution >= 0.6 is 15.9 Å². The van der Waals surface area contributed by atoms with E-state index in [1.54, 1.807) is 0 Å². The first-order chi connectivity index (χ1) is 9.09. The molecule has 2 aliphatic rings. The molecule has 0 aromatic carbocycles. The molecular formula is C15H27BrN2O. The van der Waals surface area contributed by atoms with Gasteiger partial charge in [-0.15, -0.1) is 0 Å². The first kappa shape index (κ1) is 15.3. The predicted octanol–water partition coefficient (Wildman–Crippen LogP) is 2.88. The van der Waals surface area contributed by atoms with Crippen molar-refractivity contribution in [1.29, 1.82) is 0 Å². The van der Waals surface area contributed by atoms with Gasteiger partial charge in [0.1, 0.15) is 0 Å². The minimum absolute atomic E-state index is 0.0148. The van der Waals surface area contributed by atoms with E-state index in [2.05, 4.69) is 39.6 Å². The van der Waals surface area contributed by atoms with E-state index in [9.17, 15) is 4.79 Å². The number of carbonyl (C=O) groups is 1. The molecule has 0 aromatic rings. The van der Waals surface area contributed by atoms with Gasteiger partial charge < -0.3 is 9.80 Å². The van der Waals surface area contributed by atoms with Gasteiger partial charge in [-0.3, -0.25) is 4.79 Å². The molecule has 1 amide bonds. The smallest absolute Gasteiger partial charge is 0.236 e. The van der Waals surface area contributed by atoms with Crippen molar-refractivity contribution in [2.24, 2.45) is 5.92 Å².